The van der Waals surface area contributed by atoms with Gasteiger partial charge in [-0.2, -0.15) is 0 Å². The van der Waals surface area contributed by atoms with Gasteiger partial charge in [-0.1, -0.05) is 6.92 Å². The number of aromatic nitrogens is 2. The number of imidazole rings is 1. The lowest BCUT2D eigenvalue weighted by atomic mass is 10.3. The summed E-state index contributed by atoms with van der Waals surface area (Å²) in [6, 6.07) is 3.83. The maximum atomic E-state index is 11.8. The lowest BCUT2D eigenvalue weighted by Gasteiger charge is -2.05. The SMILES string of the molecule is CC1CC1C(=O)NCCC(=O)NCc1cn2cc(Br)ccc2n1. The maximum absolute atomic E-state index is 11.8. The smallest absolute Gasteiger partial charge is 0.223 e. The summed E-state index contributed by atoms with van der Waals surface area (Å²) in [4.78, 5) is 27.9. The molecule has 122 valence electrons. The Morgan fingerprint density at radius 3 is 2.87 bits per heavy atom. The van der Waals surface area contributed by atoms with Crippen molar-refractivity contribution in [2.24, 2.45) is 11.8 Å². The highest BCUT2D eigenvalue weighted by Gasteiger charge is 2.38. The Balaban J connectivity index is 1.42. The molecule has 2 aromatic rings. The molecule has 1 aliphatic rings. The second-order valence-corrected chi connectivity index (χ2v) is 6.90. The van der Waals surface area contributed by atoms with E-state index in [2.05, 4.69) is 38.5 Å². The first-order chi connectivity index (χ1) is 11.0. The number of halogens is 1. The fourth-order valence-corrected chi connectivity index (χ4v) is 2.85. The fourth-order valence-electron chi connectivity index (χ4n) is 2.50. The number of carbonyl (C=O) groups excluding carboxylic acids is 2. The second kappa shape index (κ2) is 6.70. The number of carbonyl (C=O) groups is 2. The highest BCUT2D eigenvalue weighted by molar-refractivity contribution is 9.10. The standard InChI is InChI=1S/C16H19BrN4O2/c1-10-6-13(10)16(23)18-5-4-15(22)19-7-12-9-21-8-11(17)2-3-14(21)20-12/h2-3,8-10,13H,4-7H2,1H3,(H,18,23)(H,19,22). The predicted molar refractivity (Wildman–Crippen MR) is 89.6 cm³/mol. The van der Waals surface area contributed by atoms with E-state index in [0.29, 0.717) is 19.0 Å². The number of hydrogen-bond donors (Lipinski definition) is 2. The van der Waals surface area contributed by atoms with Crippen LogP contribution >= 0.6 is 15.9 Å². The van der Waals surface area contributed by atoms with Crippen molar-refractivity contribution in [3.8, 4) is 0 Å². The average molecular weight is 379 g/mol. The van der Waals surface area contributed by atoms with Gasteiger partial charge in [-0.3, -0.25) is 9.59 Å². The van der Waals surface area contributed by atoms with Crippen LogP contribution in [0.4, 0.5) is 0 Å². The molecule has 2 amide bonds. The largest absolute Gasteiger partial charge is 0.355 e. The Bertz CT molecular complexity index is 743. The normalized spacial score (nSPS) is 19.6. The highest BCUT2D eigenvalue weighted by Crippen LogP contribution is 2.37. The zero-order chi connectivity index (χ0) is 16.4. The fraction of sp³-hybridized carbons (Fsp3) is 0.438. The van der Waals surface area contributed by atoms with Crippen molar-refractivity contribution in [2.75, 3.05) is 6.54 Å². The molecule has 0 radical (unpaired) electrons. The van der Waals surface area contributed by atoms with Crippen LogP contribution in [0.25, 0.3) is 5.65 Å². The minimum atomic E-state index is -0.0904. The molecule has 2 aromatic heterocycles. The van der Waals surface area contributed by atoms with Gasteiger partial charge in [-0.15, -0.1) is 0 Å². The van der Waals surface area contributed by atoms with Gasteiger partial charge in [-0.25, -0.2) is 4.98 Å². The van der Waals surface area contributed by atoms with Gasteiger partial charge in [0, 0.05) is 35.7 Å². The molecule has 2 atom stereocenters. The molecule has 0 bridgehead atoms. The van der Waals surface area contributed by atoms with Crippen LogP contribution in [0.5, 0.6) is 0 Å². The molecule has 3 rings (SSSR count). The van der Waals surface area contributed by atoms with Crippen LogP contribution in [0.2, 0.25) is 0 Å². The minimum absolute atomic E-state index is 0.0660. The van der Waals surface area contributed by atoms with Gasteiger partial charge in [0.25, 0.3) is 0 Å². The molecular formula is C16H19BrN4O2. The molecule has 2 heterocycles. The minimum Gasteiger partial charge on any atom is -0.355 e. The van der Waals surface area contributed by atoms with Crippen LogP contribution < -0.4 is 10.6 Å². The van der Waals surface area contributed by atoms with E-state index >= 15 is 0 Å². The van der Waals surface area contributed by atoms with E-state index < -0.39 is 0 Å². The summed E-state index contributed by atoms with van der Waals surface area (Å²) in [6.07, 6.45) is 5.05. The lowest BCUT2D eigenvalue weighted by Crippen LogP contribution is -2.31. The van der Waals surface area contributed by atoms with Crippen LogP contribution in [0.15, 0.2) is 29.0 Å². The van der Waals surface area contributed by atoms with Crippen LogP contribution in [0.1, 0.15) is 25.5 Å². The summed E-state index contributed by atoms with van der Waals surface area (Å²) in [5.74, 6) is 0.609. The highest BCUT2D eigenvalue weighted by atomic mass is 79.9. The number of fused-ring (bicyclic) bond motifs is 1. The number of rotatable bonds is 6. The summed E-state index contributed by atoms with van der Waals surface area (Å²) < 4.78 is 2.88. The van der Waals surface area contributed by atoms with Crippen molar-refractivity contribution >= 4 is 33.4 Å². The first-order valence-corrected chi connectivity index (χ1v) is 8.50. The molecule has 0 aromatic carbocycles. The molecule has 7 heteroatoms. The van der Waals surface area contributed by atoms with Crippen molar-refractivity contribution in [3.63, 3.8) is 0 Å². The van der Waals surface area contributed by atoms with Gasteiger partial charge >= 0.3 is 0 Å². The molecule has 0 saturated heterocycles. The molecule has 1 fully saturated rings. The Labute approximate surface area is 142 Å². The van der Waals surface area contributed by atoms with Crippen LogP contribution in [-0.2, 0) is 16.1 Å². The van der Waals surface area contributed by atoms with Gasteiger partial charge in [0.2, 0.25) is 11.8 Å². The summed E-state index contributed by atoms with van der Waals surface area (Å²) in [7, 11) is 0. The van der Waals surface area contributed by atoms with Gasteiger partial charge in [0.15, 0.2) is 0 Å². The maximum Gasteiger partial charge on any atom is 0.223 e. The van der Waals surface area contributed by atoms with Crippen molar-refractivity contribution in [1.29, 1.82) is 0 Å². The zero-order valence-electron chi connectivity index (χ0n) is 12.9. The summed E-state index contributed by atoms with van der Waals surface area (Å²) in [5.41, 5.74) is 1.63. The van der Waals surface area contributed by atoms with Gasteiger partial charge in [-0.05, 0) is 40.4 Å². The Kier molecular flexibility index (Phi) is 4.66. The first-order valence-electron chi connectivity index (χ1n) is 7.70. The van der Waals surface area contributed by atoms with Crippen LogP contribution in [0.3, 0.4) is 0 Å². The Morgan fingerprint density at radius 1 is 1.35 bits per heavy atom. The van der Waals surface area contributed by atoms with Gasteiger partial charge in [0.05, 0.1) is 12.2 Å². The van der Waals surface area contributed by atoms with Crippen LogP contribution in [0, 0.1) is 11.8 Å². The third kappa shape index (κ3) is 4.10. The number of hydrogen-bond acceptors (Lipinski definition) is 3. The molecule has 6 nitrogen and oxygen atoms in total. The van der Waals surface area contributed by atoms with E-state index in [1.54, 1.807) is 0 Å². The molecule has 2 unspecified atom stereocenters. The monoisotopic (exact) mass is 378 g/mol. The number of pyridine rings is 1. The topological polar surface area (TPSA) is 75.5 Å². The molecule has 0 aliphatic heterocycles. The third-order valence-electron chi connectivity index (χ3n) is 4.03. The van der Waals surface area contributed by atoms with Gasteiger partial charge in [0.1, 0.15) is 5.65 Å². The van der Waals surface area contributed by atoms with Gasteiger partial charge < -0.3 is 15.0 Å². The van der Waals surface area contributed by atoms with Crippen molar-refractivity contribution < 1.29 is 9.59 Å². The lowest BCUT2D eigenvalue weighted by molar-refractivity contribution is -0.123. The summed E-state index contributed by atoms with van der Waals surface area (Å²) in [6.45, 7) is 2.82. The molecule has 1 saturated carbocycles. The average Bonchev–Trinajstić information content (AvgIpc) is 3.10. The quantitative estimate of drug-likeness (QED) is 0.805. The molecule has 2 N–H and O–H groups in total. The van der Waals surface area contributed by atoms with E-state index in [0.717, 1.165) is 22.2 Å². The van der Waals surface area contributed by atoms with Crippen LogP contribution in [-0.4, -0.2) is 27.7 Å². The Morgan fingerprint density at radius 2 is 2.13 bits per heavy atom. The number of amides is 2. The second-order valence-electron chi connectivity index (χ2n) is 5.98. The number of nitrogens with one attached hydrogen (secondary N) is 2. The molecular weight excluding hydrogens is 360 g/mol. The predicted octanol–water partition coefficient (Wildman–Crippen LogP) is 1.88. The first kappa shape index (κ1) is 16.0. The molecule has 0 spiro atoms. The van der Waals surface area contributed by atoms with E-state index in [1.807, 2.05) is 28.9 Å². The molecule has 1 aliphatic carbocycles. The Hall–Kier alpha value is -1.89. The van der Waals surface area contributed by atoms with Crippen molar-refractivity contribution in [3.05, 3.63) is 34.7 Å². The summed E-state index contributed by atoms with van der Waals surface area (Å²) >= 11 is 3.41. The van der Waals surface area contributed by atoms with E-state index in [1.165, 1.54) is 0 Å². The zero-order valence-corrected chi connectivity index (χ0v) is 14.5. The van der Waals surface area contributed by atoms with Crippen molar-refractivity contribution in [2.45, 2.75) is 26.3 Å². The van der Waals surface area contributed by atoms with E-state index in [-0.39, 0.29) is 24.2 Å². The van der Waals surface area contributed by atoms with E-state index in [4.69, 9.17) is 0 Å². The molecule has 23 heavy (non-hydrogen) atoms. The summed E-state index contributed by atoms with van der Waals surface area (Å²) in [5, 5.41) is 5.63. The van der Waals surface area contributed by atoms with Crippen molar-refractivity contribution in [1.82, 2.24) is 20.0 Å². The third-order valence-corrected chi connectivity index (χ3v) is 4.50. The van der Waals surface area contributed by atoms with E-state index in [9.17, 15) is 9.59 Å². The number of nitrogens with zero attached hydrogens (tertiary/aromatic N) is 2.